The number of nitrogens with zero attached hydrogens (tertiary/aromatic N) is 3. The van der Waals surface area contributed by atoms with E-state index in [0.717, 1.165) is 18.7 Å². The molecule has 9 heteroatoms. The van der Waals surface area contributed by atoms with E-state index >= 15 is 0 Å². The molecule has 1 heterocycles. The molecule has 1 aromatic heterocycles. The smallest absolute Gasteiger partial charge is 0.190 e. The molecular weight excluding hydrogens is 525 g/mol. The summed E-state index contributed by atoms with van der Waals surface area (Å²) in [6, 6.07) is 18.7. The van der Waals surface area contributed by atoms with E-state index in [1.54, 1.807) is 37.5 Å². The number of hydrogen-bond acceptors (Lipinski definition) is 4. The molecule has 3 aromatic rings. The third kappa shape index (κ3) is 7.66. The van der Waals surface area contributed by atoms with Gasteiger partial charge in [-0.15, -0.1) is 24.0 Å². The zero-order chi connectivity index (χ0) is 21.2. The Morgan fingerprint density at radius 3 is 2.35 bits per heavy atom. The zero-order valence-electron chi connectivity index (χ0n) is 17.4. The Hall–Kier alpha value is -2.40. The van der Waals surface area contributed by atoms with Crippen molar-refractivity contribution in [2.75, 3.05) is 25.9 Å². The summed E-state index contributed by atoms with van der Waals surface area (Å²) in [7, 11) is -1.54. The molecule has 0 amide bonds. The monoisotopic (exact) mass is 553 g/mol. The van der Waals surface area contributed by atoms with Gasteiger partial charge in [0, 0.05) is 32.5 Å². The SMILES string of the molecule is CN=C(NCCCS(=O)(=O)c1ccccc1)NCCc1ccc(-n2cccn2)cc1.I. The predicted molar refractivity (Wildman–Crippen MR) is 135 cm³/mol. The molecule has 0 fully saturated rings. The number of benzene rings is 2. The average Bonchev–Trinajstić information content (AvgIpc) is 3.31. The van der Waals surface area contributed by atoms with Gasteiger partial charge < -0.3 is 10.6 Å². The Morgan fingerprint density at radius 2 is 1.71 bits per heavy atom. The molecule has 0 saturated carbocycles. The van der Waals surface area contributed by atoms with Crippen molar-refractivity contribution in [3.8, 4) is 5.69 Å². The summed E-state index contributed by atoms with van der Waals surface area (Å²) in [5, 5.41) is 10.7. The fourth-order valence-corrected chi connectivity index (χ4v) is 4.33. The highest BCUT2D eigenvalue weighted by Gasteiger charge is 2.13. The normalized spacial score (nSPS) is 11.6. The van der Waals surface area contributed by atoms with Crippen molar-refractivity contribution >= 4 is 39.8 Å². The van der Waals surface area contributed by atoms with Crippen LogP contribution in [0.3, 0.4) is 0 Å². The lowest BCUT2D eigenvalue weighted by Crippen LogP contribution is -2.39. The van der Waals surface area contributed by atoms with E-state index in [-0.39, 0.29) is 29.7 Å². The summed E-state index contributed by atoms with van der Waals surface area (Å²) in [5.74, 6) is 0.768. The Labute approximate surface area is 200 Å². The van der Waals surface area contributed by atoms with Crippen molar-refractivity contribution in [3.63, 3.8) is 0 Å². The number of halogens is 1. The topological polar surface area (TPSA) is 88.4 Å². The quantitative estimate of drug-likeness (QED) is 0.184. The van der Waals surface area contributed by atoms with E-state index < -0.39 is 9.84 Å². The fraction of sp³-hybridized carbons (Fsp3) is 0.273. The zero-order valence-corrected chi connectivity index (χ0v) is 20.6. The summed E-state index contributed by atoms with van der Waals surface area (Å²) in [6.07, 6.45) is 5.03. The summed E-state index contributed by atoms with van der Waals surface area (Å²) in [5.41, 5.74) is 2.24. The second-order valence-corrected chi connectivity index (χ2v) is 8.89. The highest BCUT2D eigenvalue weighted by atomic mass is 127. The molecular formula is C22H28IN5O2S. The number of aromatic nitrogens is 2. The highest BCUT2D eigenvalue weighted by Crippen LogP contribution is 2.11. The van der Waals surface area contributed by atoms with Crippen LogP contribution in [0.15, 0.2) is 82.9 Å². The number of nitrogens with one attached hydrogen (secondary N) is 2. The molecule has 0 bridgehead atoms. The van der Waals surface area contributed by atoms with E-state index in [1.165, 1.54) is 5.56 Å². The van der Waals surface area contributed by atoms with Gasteiger partial charge in [0.05, 0.1) is 16.3 Å². The van der Waals surface area contributed by atoms with E-state index in [9.17, 15) is 8.42 Å². The first-order chi connectivity index (χ1) is 14.6. The van der Waals surface area contributed by atoms with Gasteiger partial charge in [0.2, 0.25) is 0 Å². The van der Waals surface area contributed by atoms with Crippen molar-refractivity contribution in [3.05, 3.63) is 78.6 Å². The van der Waals surface area contributed by atoms with Crippen LogP contribution in [-0.2, 0) is 16.3 Å². The number of hydrogen-bond donors (Lipinski definition) is 2. The molecule has 0 aliphatic heterocycles. The lowest BCUT2D eigenvalue weighted by atomic mass is 10.1. The van der Waals surface area contributed by atoms with Crippen LogP contribution < -0.4 is 10.6 Å². The summed E-state index contributed by atoms with van der Waals surface area (Å²) >= 11 is 0. The molecule has 7 nitrogen and oxygen atoms in total. The minimum Gasteiger partial charge on any atom is -0.356 e. The maximum atomic E-state index is 12.3. The van der Waals surface area contributed by atoms with E-state index in [1.807, 2.05) is 35.1 Å². The van der Waals surface area contributed by atoms with Crippen molar-refractivity contribution in [2.24, 2.45) is 4.99 Å². The first-order valence-corrected chi connectivity index (χ1v) is 11.5. The summed E-state index contributed by atoms with van der Waals surface area (Å²) < 4.78 is 26.4. The predicted octanol–water partition coefficient (Wildman–Crippen LogP) is 3.06. The van der Waals surface area contributed by atoms with Crippen LogP contribution in [0.2, 0.25) is 0 Å². The van der Waals surface area contributed by atoms with Crippen molar-refractivity contribution in [1.82, 2.24) is 20.4 Å². The largest absolute Gasteiger partial charge is 0.356 e. The molecule has 0 unspecified atom stereocenters. The van der Waals surface area contributed by atoms with Crippen molar-refractivity contribution < 1.29 is 8.42 Å². The molecule has 2 aromatic carbocycles. The standard InChI is InChI=1S/C22H27N5O2S.HI/c1-23-22(24-14-6-18-30(28,29)21-7-3-2-4-8-21)25-16-13-19-9-11-20(12-10-19)27-17-5-15-26-27;/h2-5,7-12,15,17H,6,13-14,16,18H2,1H3,(H2,23,24,25);1H. The van der Waals surface area contributed by atoms with Gasteiger partial charge in [-0.25, -0.2) is 13.1 Å². The fourth-order valence-electron chi connectivity index (χ4n) is 3.00. The van der Waals surface area contributed by atoms with Gasteiger partial charge in [-0.3, -0.25) is 4.99 Å². The second-order valence-electron chi connectivity index (χ2n) is 6.78. The molecule has 0 radical (unpaired) electrons. The number of rotatable bonds is 9. The highest BCUT2D eigenvalue weighted by molar-refractivity contribution is 14.0. The molecule has 0 aliphatic carbocycles. The van der Waals surface area contributed by atoms with Gasteiger partial charge in [-0.05, 0) is 48.7 Å². The molecule has 2 N–H and O–H groups in total. The number of sulfone groups is 1. The van der Waals surface area contributed by atoms with E-state index in [4.69, 9.17) is 0 Å². The van der Waals surface area contributed by atoms with Crippen molar-refractivity contribution in [1.29, 1.82) is 0 Å². The third-order valence-electron chi connectivity index (χ3n) is 4.62. The third-order valence-corrected chi connectivity index (χ3v) is 6.44. The van der Waals surface area contributed by atoms with Crippen molar-refractivity contribution in [2.45, 2.75) is 17.7 Å². The van der Waals surface area contributed by atoms with Crippen LogP contribution in [0.5, 0.6) is 0 Å². The molecule has 3 rings (SSSR count). The summed E-state index contributed by atoms with van der Waals surface area (Å²) in [6.45, 7) is 1.26. The minimum absolute atomic E-state index is 0. The number of guanidine groups is 1. The van der Waals surface area contributed by atoms with E-state index in [2.05, 4.69) is 32.9 Å². The van der Waals surface area contributed by atoms with Crippen LogP contribution in [0.4, 0.5) is 0 Å². The average molecular weight is 553 g/mol. The second kappa shape index (κ2) is 12.5. The van der Waals surface area contributed by atoms with Gasteiger partial charge in [0.1, 0.15) is 0 Å². The van der Waals surface area contributed by atoms with Crippen LogP contribution in [-0.4, -0.2) is 50.0 Å². The van der Waals surface area contributed by atoms with Gasteiger partial charge >= 0.3 is 0 Å². The lowest BCUT2D eigenvalue weighted by Gasteiger charge is -2.12. The molecule has 0 atom stereocenters. The minimum atomic E-state index is -3.24. The van der Waals surface area contributed by atoms with E-state index in [0.29, 0.717) is 23.8 Å². The lowest BCUT2D eigenvalue weighted by molar-refractivity contribution is 0.592. The first kappa shape index (κ1) is 24.9. The Morgan fingerprint density at radius 1 is 1.00 bits per heavy atom. The van der Waals surface area contributed by atoms with Crippen LogP contribution in [0, 0.1) is 0 Å². The summed E-state index contributed by atoms with van der Waals surface area (Å²) in [4.78, 5) is 4.56. The van der Waals surface area contributed by atoms with Gasteiger partial charge in [-0.1, -0.05) is 30.3 Å². The van der Waals surface area contributed by atoms with Gasteiger partial charge in [0.15, 0.2) is 15.8 Å². The van der Waals surface area contributed by atoms with Crippen LogP contribution >= 0.6 is 24.0 Å². The van der Waals surface area contributed by atoms with Crippen LogP contribution in [0.25, 0.3) is 5.69 Å². The molecule has 0 saturated heterocycles. The maximum Gasteiger partial charge on any atom is 0.190 e. The Bertz CT molecular complexity index is 1040. The number of aliphatic imine (C=N–C) groups is 1. The Balaban J connectivity index is 0.00000341. The molecule has 31 heavy (non-hydrogen) atoms. The molecule has 0 aliphatic rings. The maximum absolute atomic E-state index is 12.3. The molecule has 166 valence electrons. The first-order valence-electron chi connectivity index (χ1n) is 9.90. The van der Waals surface area contributed by atoms with Gasteiger partial charge in [-0.2, -0.15) is 5.10 Å². The Kier molecular flexibility index (Phi) is 9.99. The van der Waals surface area contributed by atoms with Crippen LogP contribution in [0.1, 0.15) is 12.0 Å². The molecule has 0 spiro atoms. The van der Waals surface area contributed by atoms with Gasteiger partial charge in [0.25, 0.3) is 0 Å².